The van der Waals surface area contributed by atoms with Gasteiger partial charge in [-0.15, -0.1) is 0 Å². The van der Waals surface area contributed by atoms with Crippen molar-refractivity contribution in [3.05, 3.63) is 0 Å². The molecule has 0 aromatic rings. The molecule has 4 heavy (non-hydrogen) atoms. The smallest absolute Gasteiger partial charge is 0 e. The summed E-state index contributed by atoms with van der Waals surface area (Å²) in [7, 11) is 0. The maximum atomic E-state index is 0. The van der Waals surface area contributed by atoms with Gasteiger partial charge in [-0.05, 0) is 0 Å². The minimum absolute atomic E-state index is 0. The van der Waals surface area contributed by atoms with Crippen LogP contribution in [0.3, 0.4) is 0 Å². The summed E-state index contributed by atoms with van der Waals surface area (Å²) in [6, 6.07) is 0. The van der Waals surface area contributed by atoms with Crippen LogP contribution in [0.4, 0.5) is 0 Å². The van der Waals surface area contributed by atoms with Gasteiger partial charge in [-0.25, -0.2) is 0 Å². The molecule has 4 radical (unpaired) electrons. The average molecular weight is 360 g/mol. The molecule has 0 aromatic carbocycles. The second-order valence-electron chi connectivity index (χ2n) is 0. The van der Waals surface area contributed by atoms with Crippen LogP contribution in [0.25, 0.3) is 0 Å². The van der Waals surface area contributed by atoms with Gasteiger partial charge in [0.2, 0.25) is 0 Å². The van der Waals surface area contributed by atoms with Crippen molar-refractivity contribution in [2.24, 2.45) is 0 Å². The Bertz CT molecular complexity index is 3.25. The van der Waals surface area contributed by atoms with Crippen molar-refractivity contribution in [1.29, 1.82) is 0 Å². The Kier molecular flexibility index (Phi) is 134. The Labute approximate surface area is 79.6 Å². The van der Waals surface area contributed by atoms with Gasteiger partial charge < -0.3 is 0 Å². The van der Waals surface area contributed by atoms with Crippen molar-refractivity contribution in [3.63, 3.8) is 0 Å². The van der Waals surface area contributed by atoms with E-state index in [0.29, 0.717) is 0 Å². The quantitative estimate of drug-likeness (QED) is 0.517. The van der Waals surface area contributed by atoms with Crippen LogP contribution in [0.15, 0.2) is 0 Å². The molecule has 0 spiro atoms. The number of hydrogen-bond donors (Lipinski definition) is 0. The molecule has 0 nitrogen and oxygen atoms in total. The van der Waals surface area contributed by atoms with Crippen molar-refractivity contribution in [2.75, 3.05) is 0 Å². The van der Waals surface area contributed by atoms with E-state index in [9.17, 15) is 0 Å². The van der Waals surface area contributed by atoms with E-state index in [4.69, 9.17) is 0 Å². The molecule has 0 aromatic heterocycles. The molecule has 0 N–H and O–H groups in total. The fraction of sp³-hybridized carbons (Fsp3) is 0. The van der Waals surface area contributed by atoms with Crippen molar-refractivity contribution in [2.45, 2.75) is 0 Å². The Hall–Kier alpha value is 2.61. The van der Waals surface area contributed by atoms with Crippen LogP contribution in [-0.2, 0) is 63.2 Å². The van der Waals surface area contributed by atoms with Gasteiger partial charge in [0, 0.05) is 80.8 Å². The van der Waals surface area contributed by atoms with E-state index in [0.717, 1.165) is 0 Å². The van der Waals surface area contributed by atoms with E-state index < -0.39 is 0 Å². The maximum Gasteiger partial charge on any atom is 0 e. The molecule has 0 heterocycles. The third kappa shape index (κ3) is 8.82. The van der Waals surface area contributed by atoms with Gasteiger partial charge in [-0.3, -0.25) is 0 Å². The second kappa shape index (κ2) is 17.5. The van der Waals surface area contributed by atoms with E-state index in [1.54, 1.807) is 0 Å². The van der Waals surface area contributed by atoms with Gasteiger partial charge >= 0.3 is 0 Å². The molecule has 0 rings (SSSR count). The summed E-state index contributed by atoms with van der Waals surface area (Å²) >= 11 is 0. The molecule has 0 atom stereocenters. The molecule has 4 heteroatoms. The summed E-state index contributed by atoms with van der Waals surface area (Å²) in [5, 5.41) is 0. The van der Waals surface area contributed by atoms with Gasteiger partial charge in [-0.1, -0.05) is 0 Å². The van der Waals surface area contributed by atoms with Crippen molar-refractivity contribution in [3.8, 4) is 0 Å². The number of rotatable bonds is 0. The fourth-order valence-corrected chi connectivity index (χ4v) is 0. The first-order chi connectivity index (χ1) is 0. The van der Waals surface area contributed by atoms with Gasteiger partial charge in [-0.2, -0.15) is 0 Å². The zero-order valence-corrected chi connectivity index (χ0v) is 9.84. The maximum absolute atomic E-state index is 0. The summed E-state index contributed by atoms with van der Waals surface area (Å²) in [5.41, 5.74) is 0. The Morgan fingerprint density at radius 2 is 0.500 bits per heavy atom. The Morgan fingerprint density at radius 3 is 0.500 bits per heavy atom. The zero-order valence-electron chi connectivity index (χ0n) is 1.72. The standard InChI is InChI=1S/Ge.3Mo. The Balaban J connectivity index is 0. The molecular formula is GeMo3. The van der Waals surface area contributed by atoms with Crippen LogP contribution >= 0.6 is 0 Å². The minimum atomic E-state index is 0. The predicted molar refractivity (Wildman–Crippen MR) is 5.75 cm³/mol. The summed E-state index contributed by atoms with van der Waals surface area (Å²) in [6.07, 6.45) is 0. The molecule has 0 amide bonds. The van der Waals surface area contributed by atoms with Gasteiger partial charge in [0.25, 0.3) is 0 Å². The van der Waals surface area contributed by atoms with Crippen molar-refractivity contribution < 1.29 is 63.2 Å². The molecule has 0 aliphatic rings. The first kappa shape index (κ1) is 30.6. The van der Waals surface area contributed by atoms with E-state index >= 15 is 0 Å². The molecular weight excluding hydrogens is 360 g/mol. The third-order valence-corrected chi connectivity index (χ3v) is 0. The molecule has 0 bridgehead atoms. The van der Waals surface area contributed by atoms with E-state index in [2.05, 4.69) is 0 Å². The van der Waals surface area contributed by atoms with Crippen molar-refractivity contribution >= 4 is 17.6 Å². The molecule has 0 aliphatic heterocycles. The van der Waals surface area contributed by atoms with E-state index in [-0.39, 0.29) is 80.8 Å². The monoisotopic (exact) mass is 368 g/mol. The van der Waals surface area contributed by atoms with Gasteiger partial charge in [0.05, 0.1) is 0 Å². The average Bonchev–Trinajstić information content (AvgIpc) is 0. The normalized spacial score (nSPS) is 0. The van der Waals surface area contributed by atoms with Crippen LogP contribution in [0, 0.1) is 0 Å². The summed E-state index contributed by atoms with van der Waals surface area (Å²) < 4.78 is 0. The zero-order chi connectivity index (χ0) is 0. The summed E-state index contributed by atoms with van der Waals surface area (Å²) in [6.45, 7) is 0. The largest absolute Gasteiger partial charge is 0 e. The topological polar surface area (TPSA) is 0 Å². The van der Waals surface area contributed by atoms with Crippen LogP contribution in [0.5, 0.6) is 0 Å². The molecule has 0 saturated heterocycles. The minimum Gasteiger partial charge on any atom is 0 e. The molecule has 0 fully saturated rings. The summed E-state index contributed by atoms with van der Waals surface area (Å²) in [5.74, 6) is 0. The third-order valence-electron chi connectivity index (χ3n) is 0. The predicted octanol–water partition coefficient (Wildman–Crippen LogP) is -0.388. The van der Waals surface area contributed by atoms with Gasteiger partial charge in [0.15, 0.2) is 0 Å². The summed E-state index contributed by atoms with van der Waals surface area (Å²) in [4.78, 5) is 0. The Morgan fingerprint density at radius 1 is 0.500 bits per heavy atom. The van der Waals surface area contributed by atoms with E-state index in [1.165, 1.54) is 0 Å². The molecule has 0 saturated carbocycles. The first-order valence-electron chi connectivity index (χ1n) is 0. The van der Waals surface area contributed by atoms with Crippen molar-refractivity contribution in [1.82, 2.24) is 0 Å². The molecule has 22 valence electrons. The second-order valence-corrected chi connectivity index (χ2v) is 0. The number of hydrogen-bond acceptors (Lipinski definition) is 0. The fourth-order valence-electron chi connectivity index (χ4n) is 0. The first-order valence-corrected chi connectivity index (χ1v) is 0. The van der Waals surface area contributed by atoms with Crippen LogP contribution < -0.4 is 0 Å². The molecule has 0 aliphatic carbocycles. The van der Waals surface area contributed by atoms with Crippen LogP contribution in [0.1, 0.15) is 0 Å². The van der Waals surface area contributed by atoms with Gasteiger partial charge in [0.1, 0.15) is 0 Å². The van der Waals surface area contributed by atoms with Crippen LogP contribution in [0.2, 0.25) is 0 Å². The molecule has 0 unspecified atom stereocenters. The SMILES string of the molecule is [Ge].[Mo].[Mo].[Mo]. The van der Waals surface area contributed by atoms with E-state index in [1.807, 2.05) is 0 Å². The van der Waals surface area contributed by atoms with Crippen LogP contribution in [-0.4, -0.2) is 17.6 Å².